The summed E-state index contributed by atoms with van der Waals surface area (Å²) in [5, 5.41) is 3.34. The molecule has 4 heteroatoms. The van der Waals surface area contributed by atoms with Gasteiger partial charge in [0, 0.05) is 11.5 Å². The second kappa shape index (κ2) is 21.0. The van der Waals surface area contributed by atoms with Crippen LogP contribution in [0.2, 0.25) is 0 Å². The summed E-state index contributed by atoms with van der Waals surface area (Å²) in [5.74, 6) is 2.55. The molecule has 0 unspecified atom stereocenters. The third kappa shape index (κ3) is 20.1. The molecule has 0 aliphatic heterocycles. The number of nitrogens with one attached hydrogen (secondary N) is 1. The van der Waals surface area contributed by atoms with Crippen LogP contribution in [-0.2, 0) is 0 Å². The van der Waals surface area contributed by atoms with E-state index in [1.54, 1.807) is 0 Å². The predicted octanol–water partition coefficient (Wildman–Crippen LogP) is 3.52. The summed E-state index contributed by atoms with van der Waals surface area (Å²) < 4.78 is 0. The molecule has 0 amide bonds. The zero-order chi connectivity index (χ0) is 12.5. The lowest BCUT2D eigenvalue weighted by molar-refractivity contribution is 0.666. The van der Waals surface area contributed by atoms with Crippen LogP contribution in [0.25, 0.3) is 0 Å². The third-order valence-corrected chi connectivity index (χ3v) is 4.42. The summed E-state index contributed by atoms with van der Waals surface area (Å²) in [4.78, 5) is 0. The molecular weight excluding hydrogens is 236 g/mol. The molecule has 0 saturated heterocycles. The van der Waals surface area contributed by atoms with E-state index >= 15 is 0 Å². The molecule has 0 aromatic heterocycles. The number of hydrogen-bond acceptors (Lipinski definition) is 4. The summed E-state index contributed by atoms with van der Waals surface area (Å²) in [7, 11) is 4.01. The standard InChI is InChI=1S/C10H24N2S2.C2H6/c1-2-12-8-4-6-10-14-13-9-5-3-7-11;1-2/h12H,2-11H2,1H3;1-2H3. The minimum absolute atomic E-state index is 0.841. The summed E-state index contributed by atoms with van der Waals surface area (Å²) in [6.07, 6.45) is 5.09. The smallest absolute Gasteiger partial charge is 0.00374 e. The van der Waals surface area contributed by atoms with Crippen molar-refractivity contribution in [1.82, 2.24) is 5.32 Å². The Hall–Kier alpha value is 0.620. The molecule has 0 aliphatic rings. The van der Waals surface area contributed by atoms with Gasteiger partial charge in [-0.3, -0.25) is 0 Å². The molecule has 0 aromatic carbocycles. The fourth-order valence-electron chi connectivity index (χ4n) is 1.01. The summed E-state index contributed by atoms with van der Waals surface area (Å²) >= 11 is 0. The molecular formula is C12H30N2S2. The van der Waals surface area contributed by atoms with Crippen LogP contribution in [0.1, 0.15) is 46.5 Å². The molecule has 0 radical (unpaired) electrons. The average Bonchev–Trinajstić information content (AvgIpc) is 2.34. The molecule has 3 N–H and O–H groups in total. The van der Waals surface area contributed by atoms with E-state index in [0.29, 0.717) is 0 Å². The second-order valence-corrected chi connectivity index (χ2v) is 5.90. The second-order valence-electron chi connectivity index (χ2n) is 3.20. The van der Waals surface area contributed by atoms with Gasteiger partial charge in [-0.05, 0) is 45.3 Å². The third-order valence-electron chi connectivity index (χ3n) is 1.85. The van der Waals surface area contributed by atoms with Crippen molar-refractivity contribution in [3.63, 3.8) is 0 Å². The number of nitrogens with two attached hydrogens (primary N) is 1. The zero-order valence-electron chi connectivity index (χ0n) is 11.3. The van der Waals surface area contributed by atoms with Crippen molar-refractivity contribution in [2.24, 2.45) is 5.73 Å². The van der Waals surface area contributed by atoms with Crippen molar-refractivity contribution in [3.8, 4) is 0 Å². The van der Waals surface area contributed by atoms with Gasteiger partial charge in [-0.1, -0.05) is 42.4 Å². The van der Waals surface area contributed by atoms with E-state index in [2.05, 4.69) is 12.2 Å². The normalized spacial score (nSPS) is 9.75. The van der Waals surface area contributed by atoms with Crippen LogP contribution in [0.15, 0.2) is 0 Å². The summed E-state index contributed by atoms with van der Waals surface area (Å²) in [6, 6.07) is 0. The topological polar surface area (TPSA) is 38.0 Å². The van der Waals surface area contributed by atoms with E-state index in [-0.39, 0.29) is 0 Å². The molecule has 0 aromatic rings. The first-order chi connectivity index (χ1) is 7.91. The Bertz CT molecular complexity index is 91.0. The Morgan fingerprint density at radius 3 is 2.00 bits per heavy atom. The molecule has 0 aliphatic carbocycles. The molecule has 0 fully saturated rings. The molecule has 0 heterocycles. The van der Waals surface area contributed by atoms with E-state index in [1.165, 1.54) is 43.7 Å². The van der Waals surface area contributed by atoms with E-state index < -0.39 is 0 Å². The maximum absolute atomic E-state index is 5.41. The van der Waals surface area contributed by atoms with E-state index in [4.69, 9.17) is 5.73 Å². The summed E-state index contributed by atoms with van der Waals surface area (Å²) in [6.45, 7) is 9.27. The first-order valence-corrected chi connectivity index (χ1v) is 9.05. The van der Waals surface area contributed by atoms with Gasteiger partial charge in [0.25, 0.3) is 0 Å². The zero-order valence-corrected chi connectivity index (χ0v) is 12.9. The lowest BCUT2D eigenvalue weighted by Crippen LogP contribution is -2.13. The number of rotatable bonds is 11. The fourth-order valence-corrected chi connectivity index (χ4v) is 3.30. The van der Waals surface area contributed by atoms with Gasteiger partial charge in [0.05, 0.1) is 0 Å². The molecule has 0 spiro atoms. The van der Waals surface area contributed by atoms with Crippen LogP contribution in [0.5, 0.6) is 0 Å². The molecule has 2 nitrogen and oxygen atoms in total. The molecule has 0 bridgehead atoms. The minimum Gasteiger partial charge on any atom is -0.330 e. The highest BCUT2D eigenvalue weighted by Gasteiger charge is 1.91. The number of unbranched alkanes of at least 4 members (excludes halogenated alkanes) is 2. The maximum atomic E-state index is 5.41. The van der Waals surface area contributed by atoms with E-state index in [0.717, 1.165) is 13.1 Å². The van der Waals surface area contributed by atoms with E-state index in [9.17, 15) is 0 Å². The Kier molecular flexibility index (Phi) is 24.9. The highest BCUT2D eigenvalue weighted by Crippen LogP contribution is 2.23. The molecule has 0 rings (SSSR count). The van der Waals surface area contributed by atoms with Gasteiger partial charge >= 0.3 is 0 Å². The van der Waals surface area contributed by atoms with Gasteiger partial charge in [-0.2, -0.15) is 0 Å². The van der Waals surface area contributed by atoms with Crippen LogP contribution in [0.4, 0.5) is 0 Å². The van der Waals surface area contributed by atoms with Crippen LogP contribution < -0.4 is 11.1 Å². The van der Waals surface area contributed by atoms with Crippen molar-refractivity contribution in [3.05, 3.63) is 0 Å². The highest BCUT2D eigenvalue weighted by molar-refractivity contribution is 8.76. The Labute approximate surface area is 110 Å². The first-order valence-electron chi connectivity index (χ1n) is 6.57. The lowest BCUT2D eigenvalue weighted by atomic mass is 10.3. The fraction of sp³-hybridized carbons (Fsp3) is 1.00. The molecule has 100 valence electrons. The van der Waals surface area contributed by atoms with Crippen molar-refractivity contribution in [1.29, 1.82) is 0 Å². The van der Waals surface area contributed by atoms with Crippen LogP contribution in [0, 0.1) is 0 Å². The Morgan fingerprint density at radius 1 is 0.938 bits per heavy atom. The van der Waals surface area contributed by atoms with Gasteiger partial charge in [-0.15, -0.1) is 0 Å². The largest absolute Gasteiger partial charge is 0.330 e. The van der Waals surface area contributed by atoms with Gasteiger partial charge in [0.2, 0.25) is 0 Å². The first kappa shape index (κ1) is 19.0. The van der Waals surface area contributed by atoms with Crippen LogP contribution in [-0.4, -0.2) is 31.1 Å². The van der Waals surface area contributed by atoms with Gasteiger partial charge in [-0.25, -0.2) is 0 Å². The highest BCUT2D eigenvalue weighted by atomic mass is 33.1. The quantitative estimate of drug-likeness (QED) is 0.443. The van der Waals surface area contributed by atoms with Crippen molar-refractivity contribution in [2.45, 2.75) is 46.5 Å². The monoisotopic (exact) mass is 266 g/mol. The van der Waals surface area contributed by atoms with Crippen LogP contribution in [0.3, 0.4) is 0 Å². The number of hydrogen-bond donors (Lipinski definition) is 2. The van der Waals surface area contributed by atoms with Crippen molar-refractivity contribution >= 4 is 21.6 Å². The van der Waals surface area contributed by atoms with E-state index in [1.807, 2.05) is 35.4 Å². The van der Waals surface area contributed by atoms with Gasteiger partial charge < -0.3 is 11.1 Å². The van der Waals surface area contributed by atoms with Crippen molar-refractivity contribution in [2.75, 3.05) is 31.1 Å². The van der Waals surface area contributed by atoms with Crippen LogP contribution >= 0.6 is 21.6 Å². The lowest BCUT2D eigenvalue weighted by Gasteiger charge is -2.02. The van der Waals surface area contributed by atoms with Gasteiger partial charge in [0.1, 0.15) is 0 Å². The SMILES string of the molecule is CC.CCNCCCCSSCCCCN. The van der Waals surface area contributed by atoms with Gasteiger partial charge in [0.15, 0.2) is 0 Å². The molecule has 16 heavy (non-hydrogen) atoms. The Morgan fingerprint density at radius 2 is 1.50 bits per heavy atom. The maximum Gasteiger partial charge on any atom is 0.00374 e. The molecule has 0 atom stereocenters. The minimum atomic E-state index is 0.841. The predicted molar refractivity (Wildman–Crippen MR) is 82.3 cm³/mol. The molecule has 0 saturated carbocycles. The summed E-state index contributed by atoms with van der Waals surface area (Å²) in [5.41, 5.74) is 5.41. The van der Waals surface area contributed by atoms with Crippen molar-refractivity contribution < 1.29 is 0 Å². The average molecular weight is 267 g/mol. The Balaban J connectivity index is 0.